The van der Waals surface area contributed by atoms with Gasteiger partial charge in [0.15, 0.2) is 0 Å². The first kappa shape index (κ1) is 16.0. The summed E-state index contributed by atoms with van der Waals surface area (Å²) in [6.45, 7) is 0. The average molecular weight is 334 g/mol. The zero-order valence-electron chi connectivity index (χ0n) is 14.0. The molecule has 2 saturated heterocycles. The molecule has 1 aromatic carbocycles. The highest BCUT2D eigenvalue weighted by Gasteiger charge is 2.46. The van der Waals surface area contributed by atoms with Crippen LogP contribution in [0.3, 0.4) is 0 Å². The third kappa shape index (κ3) is 2.94. The fraction of sp³-hybridized carbons (Fsp3) is 0.632. The van der Waals surface area contributed by atoms with Crippen molar-refractivity contribution in [1.29, 1.82) is 0 Å². The van der Waals surface area contributed by atoms with Gasteiger partial charge in [-0.25, -0.2) is 8.78 Å². The Labute approximate surface area is 141 Å². The summed E-state index contributed by atoms with van der Waals surface area (Å²) in [7, 11) is 2.19. The van der Waals surface area contributed by atoms with Crippen LogP contribution in [0.4, 0.5) is 8.78 Å². The van der Waals surface area contributed by atoms with Crippen LogP contribution in [-0.4, -0.2) is 36.0 Å². The lowest BCUT2D eigenvalue weighted by molar-refractivity contribution is -0.123. The lowest BCUT2D eigenvalue weighted by Crippen LogP contribution is -2.55. The Morgan fingerprint density at radius 1 is 1.17 bits per heavy atom. The molecule has 0 radical (unpaired) electrons. The Hall–Kier alpha value is -1.49. The second-order valence-electron chi connectivity index (χ2n) is 7.70. The van der Waals surface area contributed by atoms with Crippen molar-refractivity contribution in [1.82, 2.24) is 10.2 Å². The molecule has 0 aromatic heterocycles. The predicted octanol–water partition coefficient (Wildman–Crippen LogP) is 3.20. The van der Waals surface area contributed by atoms with E-state index in [1.54, 1.807) is 0 Å². The van der Waals surface area contributed by atoms with Crippen LogP contribution in [-0.2, 0) is 4.79 Å². The second-order valence-corrected chi connectivity index (χ2v) is 7.70. The molecule has 1 saturated carbocycles. The van der Waals surface area contributed by atoms with Crippen molar-refractivity contribution in [3.05, 3.63) is 35.4 Å². The average Bonchev–Trinajstić information content (AvgIpc) is 3.31. The molecule has 2 heterocycles. The van der Waals surface area contributed by atoms with Gasteiger partial charge in [-0.2, -0.15) is 0 Å². The number of hydrogen-bond acceptors (Lipinski definition) is 2. The maximum absolute atomic E-state index is 13.9. The first-order chi connectivity index (χ1) is 11.5. The highest BCUT2D eigenvalue weighted by atomic mass is 19.1. The molecule has 5 heteroatoms. The van der Waals surface area contributed by atoms with E-state index in [-0.39, 0.29) is 23.8 Å². The number of fused-ring (bicyclic) bond motifs is 2. The number of nitrogens with zero attached hydrogens (tertiary/aromatic N) is 1. The molecule has 1 aromatic rings. The van der Waals surface area contributed by atoms with Gasteiger partial charge in [-0.1, -0.05) is 6.42 Å². The number of nitrogens with one attached hydrogen (secondary N) is 1. The molecule has 3 fully saturated rings. The number of benzene rings is 1. The van der Waals surface area contributed by atoms with E-state index in [2.05, 4.69) is 17.3 Å². The molecule has 3 nitrogen and oxygen atoms in total. The van der Waals surface area contributed by atoms with E-state index in [0.717, 1.165) is 25.0 Å². The van der Waals surface area contributed by atoms with Gasteiger partial charge in [0.2, 0.25) is 5.91 Å². The van der Waals surface area contributed by atoms with Gasteiger partial charge >= 0.3 is 0 Å². The number of piperidine rings is 2. The van der Waals surface area contributed by atoms with E-state index in [1.807, 2.05) is 0 Å². The number of carbonyl (C=O) groups excluding carboxylic acids is 1. The summed E-state index contributed by atoms with van der Waals surface area (Å²) in [5.41, 5.74) is 0.343. The molecule has 1 aliphatic carbocycles. The molecule has 1 N–H and O–H groups in total. The molecular formula is C19H24F2N2O. The van der Waals surface area contributed by atoms with Gasteiger partial charge in [-0.15, -0.1) is 0 Å². The first-order valence-corrected chi connectivity index (χ1v) is 9.00. The van der Waals surface area contributed by atoms with E-state index >= 15 is 0 Å². The fourth-order valence-electron chi connectivity index (χ4n) is 4.67. The minimum Gasteiger partial charge on any atom is -0.353 e. The zero-order chi connectivity index (χ0) is 16.8. The van der Waals surface area contributed by atoms with Crippen LogP contribution in [0.25, 0.3) is 0 Å². The maximum Gasteiger partial charge on any atom is 0.223 e. The molecular weight excluding hydrogens is 310 g/mol. The molecule has 2 aliphatic heterocycles. The van der Waals surface area contributed by atoms with Gasteiger partial charge in [0.1, 0.15) is 11.6 Å². The summed E-state index contributed by atoms with van der Waals surface area (Å²) in [6, 6.07) is 4.86. The van der Waals surface area contributed by atoms with Crippen LogP contribution >= 0.6 is 0 Å². The monoisotopic (exact) mass is 334 g/mol. The van der Waals surface area contributed by atoms with Gasteiger partial charge < -0.3 is 10.2 Å². The Balaban J connectivity index is 1.37. The van der Waals surface area contributed by atoms with Crippen LogP contribution in [0.1, 0.15) is 50.0 Å². The number of hydrogen-bond donors (Lipinski definition) is 1. The van der Waals surface area contributed by atoms with Gasteiger partial charge in [0, 0.05) is 24.0 Å². The summed E-state index contributed by atoms with van der Waals surface area (Å²) < 4.78 is 27.2. The minimum atomic E-state index is -0.444. The van der Waals surface area contributed by atoms with Crippen LogP contribution in [0, 0.1) is 17.6 Å². The molecule has 24 heavy (non-hydrogen) atoms. The smallest absolute Gasteiger partial charge is 0.223 e. The summed E-state index contributed by atoms with van der Waals surface area (Å²) in [4.78, 5) is 15.0. The molecule has 1 amide bonds. The quantitative estimate of drug-likeness (QED) is 0.921. The van der Waals surface area contributed by atoms with Crippen molar-refractivity contribution in [2.24, 2.45) is 5.92 Å². The number of carbonyl (C=O) groups is 1. The summed E-state index contributed by atoms with van der Waals surface area (Å²) >= 11 is 0. The summed E-state index contributed by atoms with van der Waals surface area (Å²) in [5.74, 6) is -1.23. The highest BCUT2D eigenvalue weighted by molar-refractivity contribution is 5.83. The van der Waals surface area contributed by atoms with Crippen LogP contribution in [0.2, 0.25) is 0 Å². The predicted molar refractivity (Wildman–Crippen MR) is 87.6 cm³/mol. The Morgan fingerprint density at radius 2 is 1.88 bits per heavy atom. The van der Waals surface area contributed by atoms with Gasteiger partial charge in [0.05, 0.1) is 0 Å². The fourth-order valence-corrected chi connectivity index (χ4v) is 4.67. The maximum atomic E-state index is 13.9. The lowest BCUT2D eigenvalue weighted by atomic mass is 9.82. The Morgan fingerprint density at radius 3 is 2.58 bits per heavy atom. The standard InChI is InChI=1S/C19H24F2N2O/c1-23-13-3-2-4-14(23)9-12(8-13)22-19(24)17-10-15(17)16-7-11(20)5-6-18(16)21/h5-7,12-15,17H,2-4,8-10H2,1H3,(H,22,24)/t13-,14-,15+,17-/m0/s1. The summed E-state index contributed by atoms with van der Waals surface area (Å²) in [6.07, 6.45) is 6.32. The minimum absolute atomic E-state index is 0.0105. The molecule has 0 unspecified atom stereocenters. The van der Waals surface area contributed by atoms with E-state index in [0.29, 0.717) is 24.1 Å². The van der Waals surface area contributed by atoms with Gasteiger partial charge in [0.25, 0.3) is 0 Å². The molecule has 4 rings (SSSR count). The van der Waals surface area contributed by atoms with E-state index in [9.17, 15) is 13.6 Å². The lowest BCUT2D eigenvalue weighted by Gasteiger charge is -2.47. The highest BCUT2D eigenvalue weighted by Crippen LogP contribution is 2.48. The third-order valence-electron chi connectivity index (χ3n) is 6.17. The molecule has 4 atom stereocenters. The van der Waals surface area contributed by atoms with Gasteiger partial charge in [-0.05, 0) is 68.8 Å². The normalized spacial score (nSPS) is 35.5. The van der Waals surface area contributed by atoms with Crippen molar-refractivity contribution >= 4 is 5.91 Å². The van der Waals surface area contributed by atoms with Crippen molar-refractivity contribution in [2.45, 2.75) is 62.6 Å². The molecule has 3 aliphatic rings. The number of amides is 1. The zero-order valence-corrected chi connectivity index (χ0v) is 14.0. The molecule has 130 valence electrons. The SMILES string of the molecule is CN1[C@H]2CCC[C@H]1CC(NC(=O)[C@H]1C[C@@H]1c1cc(F)ccc1F)C2. The van der Waals surface area contributed by atoms with Crippen molar-refractivity contribution < 1.29 is 13.6 Å². The topological polar surface area (TPSA) is 32.3 Å². The van der Waals surface area contributed by atoms with E-state index < -0.39 is 11.6 Å². The summed E-state index contributed by atoms with van der Waals surface area (Å²) in [5, 5.41) is 3.18. The number of rotatable bonds is 3. The Bertz CT molecular complexity index is 636. The van der Waals surface area contributed by atoms with Crippen LogP contribution in [0.15, 0.2) is 18.2 Å². The molecule has 0 spiro atoms. The van der Waals surface area contributed by atoms with Crippen molar-refractivity contribution in [3.63, 3.8) is 0 Å². The van der Waals surface area contributed by atoms with Gasteiger partial charge in [-0.3, -0.25) is 4.79 Å². The molecule has 2 bridgehead atoms. The van der Waals surface area contributed by atoms with Crippen LogP contribution in [0.5, 0.6) is 0 Å². The second kappa shape index (κ2) is 6.10. The third-order valence-corrected chi connectivity index (χ3v) is 6.17. The Kier molecular flexibility index (Phi) is 4.07. The van der Waals surface area contributed by atoms with Crippen molar-refractivity contribution in [2.75, 3.05) is 7.05 Å². The van der Waals surface area contributed by atoms with Crippen LogP contribution < -0.4 is 5.32 Å². The van der Waals surface area contributed by atoms with E-state index in [1.165, 1.54) is 25.3 Å². The van der Waals surface area contributed by atoms with Crippen molar-refractivity contribution in [3.8, 4) is 0 Å². The number of halogens is 2. The largest absolute Gasteiger partial charge is 0.353 e. The van der Waals surface area contributed by atoms with E-state index in [4.69, 9.17) is 0 Å². The first-order valence-electron chi connectivity index (χ1n) is 9.00.